The van der Waals surface area contributed by atoms with Gasteiger partial charge in [0.2, 0.25) is 0 Å². The quantitative estimate of drug-likeness (QED) is 0.366. The number of aromatic hydroxyl groups is 1. The van der Waals surface area contributed by atoms with Crippen molar-refractivity contribution in [3.05, 3.63) is 46.6 Å². The maximum atomic E-state index is 12.4. The molecule has 6 nitrogen and oxygen atoms in total. The molecule has 0 amide bonds. The molecular weight excluding hydrogens is 420 g/mol. The SMILES string of the molecule is COc1c(C)cc(O)cc1C/C=C(\C)CC(=O)/C=C(\C)CCCC1OC(C(C)(C)O)CC1=O. The minimum atomic E-state index is -1.02. The lowest BCUT2D eigenvalue weighted by Gasteiger charge is -2.24. The van der Waals surface area contributed by atoms with Gasteiger partial charge in [0.1, 0.15) is 17.6 Å². The number of ketones is 2. The number of Topliss-reactive ketones (excluding diaryl/α,β-unsaturated/α-hetero) is 1. The summed E-state index contributed by atoms with van der Waals surface area (Å²) in [6, 6.07) is 3.35. The largest absolute Gasteiger partial charge is 0.508 e. The Hall–Kier alpha value is -2.44. The Bertz CT molecular complexity index is 919. The van der Waals surface area contributed by atoms with Gasteiger partial charge < -0.3 is 19.7 Å². The van der Waals surface area contributed by atoms with Crippen LogP contribution in [0.5, 0.6) is 11.5 Å². The summed E-state index contributed by atoms with van der Waals surface area (Å²) in [6.07, 6.45) is 5.95. The highest BCUT2D eigenvalue weighted by molar-refractivity contribution is 5.91. The number of phenolic OH excluding ortho intramolecular Hbond substituents is 1. The molecule has 1 aliphatic heterocycles. The van der Waals surface area contributed by atoms with E-state index in [0.29, 0.717) is 25.7 Å². The molecule has 182 valence electrons. The summed E-state index contributed by atoms with van der Waals surface area (Å²) < 4.78 is 11.2. The van der Waals surface area contributed by atoms with Crippen LogP contribution >= 0.6 is 0 Å². The van der Waals surface area contributed by atoms with Crippen molar-refractivity contribution in [3.8, 4) is 11.5 Å². The summed E-state index contributed by atoms with van der Waals surface area (Å²) in [5.74, 6) is 1.02. The van der Waals surface area contributed by atoms with Crippen LogP contribution in [0.2, 0.25) is 0 Å². The van der Waals surface area contributed by atoms with E-state index in [1.54, 1.807) is 39.2 Å². The normalized spacial score (nSPS) is 19.8. The van der Waals surface area contributed by atoms with Crippen LogP contribution in [0, 0.1) is 6.92 Å². The van der Waals surface area contributed by atoms with Crippen molar-refractivity contribution in [2.24, 2.45) is 0 Å². The van der Waals surface area contributed by atoms with E-state index in [2.05, 4.69) is 0 Å². The summed E-state index contributed by atoms with van der Waals surface area (Å²) in [7, 11) is 1.61. The summed E-state index contributed by atoms with van der Waals surface area (Å²) >= 11 is 0. The Labute approximate surface area is 197 Å². The molecule has 0 spiro atoms. The Balaban J connectivity index is 1.83. The van der Waals surface area contributed by atoms with E-state index in [9.17, 15) is 19.8 Å². The monoisotopic (exact) mass is 458 g/mol. The summed E-state index contributed by atoms with van der Waals surface area (Å²) in [5.41, 5.74) is 2.65. The van der Waals surface area contributed by atoms with E-state index in [-0.39, 0.29) is 23.7 Å². The van der Waals surface area contributed by atoms with Gasteiger partial charge in [-0.25, -0.2) is 0 Å². The molecule has 33 heavy (non-hydrogen) atoms. The fourth-order valence-corrected chi connectivity index (χ4v) is 4.15. The minimum Gasteiger partial charge on any atom is -0.508 e. The zero-order chi connectivity index (χ0) is 24.8. The smallest absolute Gasteiger partial charge is 0.164 e. The predicted octanol–water partition coefficient (Wildman–Crippen LogP) is 4.77. The van der Waals surface area contributed by atoms with Crippen LogP contribution in [-0.4, -0.2) is 46.7 Å². The van der Waals surface area contributed by atoms with Gasteiger partial charge in [-0.15, -0.1) is 0 Å². The number of hydrogen-bond donors (Lipinski definition) is 2. The highest BCUT2D eigenvalue weighted by atomic mass is 16.5. The number of benzene rings is 1. The van der Waals surface area contributed by atoms with E-state index in [1.165, 1.54) is 0 Å². The predicted molar refractivity (Wildman–Crippen MR) is 129 cm³/mol. The number of allylic oxidation sites excluding steroid dienone is 4. The molecule has 1 heterocycles. The third-order valence-corrected chi connectivity index (χ3v) is 5.97. The lowest BCUT2D eigenvalue weighted by atomic mass is 9.98. The molecule has 2 N–H and O–H groups in total. The highest BCUT2D eigenvalue weighted by Gasteiger charge is 2.40. The second-order valence-corrected chi connectivity index (χ2v) is 9.67. The van der Waals surface area contributed by atoms with E-state index in [1.807, 2.05) is 26.8 Å². The maximum Gasteiger partial charge on any atom is 0.164 e. The molecular formula is C27H38O6. The molecule has 2 atom stereocenters. The second-order valence-electron chi connectivity index (χ2n) is 9.67. The van der Waals surface area contributed by atoms with E-state index in [4.69, 9.17) is 9.47 Å². The lowest BCUT2D eigenvalue weighted by molar-refractivity contribution is -0.124. The fraction of sp³-hybridized carbons (Fsp3) is 0.556. The van der Waals surface area contributed by atoms with Gasteiger partial charge in [-0.2, -0.15) is 0 Å². The Morgan fingerprint density at radius 2 is 1.97 bits per heavy atom. The van der Waals surface area contributed by atoms with E-state index in [0.717, 1.165) is 34.4 Å². The van der Waals surface area contributed by atoms with Gasteiger partial charge in [-0.05, 0) is 84.1 Å². The van der Waals surface area contributed by atoms with E-state index < -0.39 is 17.8 Å². The third-order valence-electron chi connectivity index (χ3n) is 5.97. The van der Waals surface area contributed by atoms with Crippen molar-refractivity contribution in [2.75, 3.05) is 7.11 Å². The molecule has 6 heteroatoms. The Morgan fingerprint density at radius 3 is 2.58 bits per heavy atom. The Kier molecular flexibility index (Phi) is 9.44. The third kappa shape index (κ3) is 8.13. The van der Waals surface area contributed by atoms with Gasteiger partial charge in [0.05, 0.1) is 18.8 Å². The molecule has 2 unspecified atom stereocenters. The number of carbonyl (C=O) groups is 2. The van der Waals surface area contributed by atoms with Crippen molar-refractivity contribution in [2.45, 2.75) is 91.0 Å². The molecule has 1 aromatic rings. The molecule has 1 aromatic carbocycles. The van der Waals surface area contributed by atoms with Gasteiger partial charge in [-0.3, -0.25) is 9.59 Å². The zero-order valence-corrected chi connectivity index (χ0v) is 20.7. The molecule has 0 saturated carbocycles. The van der Waals surface area contributed by atoms with Gasteiger partial charge in [0, 0.05) is 18.4 Å². The number of aryl methyl sites for hydroxylation is 1. The van der Waals surface area contributed by atoms with Crippen LogP contribution in [0.1, 0.15) is 70.9 Å². The first kappa shape index (κ1) is 26.8. The zero-order valence-electron chi connectivity index (χ0n) is 20.7. The van der Waals surface area contributed by atoms with Crippen LogP contribution in [0.25, 0.3) is 0 Å². The second kappa shape index (κ2) is 11.6. The molecule has 1 aliphatic rings. The minimum absolute atomic E-state index is 0.0376. The molecule has 2 rings (SSSR count). The average molecular weight is 459 g/mol. The maximum absolute atomic E-state index is 12.4. The number of ether oxygens (including phenoxy) is 2. The van der Waals surface area contributed by atoms with Gasteiger partial charge in [-0.1, -0.05) is 17.2 Å². The topological polar surface area (TPSA) is 93.1 Å². The summed E-state index contributed by atoms with van der Waals surface area (Å²) in [6.45, 7) is 9.04. The summed E-state index contributed by atoms with van der Waals surface area (Å²) in [5, 5.41) is 19.9. The molecule has 0 aromatic heterocycles. The summed E-state index contributed by atoms with van der Waals surface area (Å²) in [4.78, 5) is 24.6. The van der Waals surface area contributed by atoms with Crippen molar-refractivity contribution < 1.29 is 29.3 Å². The van der Waals surface area contributed by atoms with Crippen molar-refractivity contribution in [3.63, 3.8) is 0 Å². The van der Waals surface area contributed by atoms with Crippen LogP contribution < -0.4 is 4.74 Å². The number of methoxy groups -OCH3 is 1. The van der Waals surface area contributed by atoms with Crippen LogP contribution in [0.3, 0.4) is 0 Å². The lowest BCUT2D eigenvalue weighted by Crippen LogP contribution is -2.35. The molecule has 1 saturated heterocycles. The molecule has 1 fully saturated rings. The Morgan fingerprint density at radius 1 is 1.27 bits per heavy atom. The molecule has 0 bridgehead atoms. The first-order valence-electron chi connectivity index (χ1n) is 11.5. The number of carbonyl (C=O) groups excluding carboxylic acids is 2. The number of phenols is 1. The molecule has 0 radical (unpaired) electrons. The van der Waals surface area contributed by atoms with Crippen molar-refractivity contribution in [1.82, 2.24) is 0 Å². The van der Waals surface area contributed by atoms with Crippen LogP contribution in [0.4, 0.5) is 0 Å². The van der Waals surface area contributed by atoms with Crippen LogP contribution in [-0.2, 0) is 20.7 Å². The molecule has 0 aliphatic carbocycles. The fourth-order valence-electron chi connectivity index (χ4n) is 4.15. The van der Waals surface area contributed by atoms with Crippen molar-refractivity contribution in [1.29, 1.82) is 0 Å². The van der Waals surface area contributed by atoms with Crippen LogP contribution in [0.15, 0.2) is 35.4 Å². The standard InChI is InChI=1S/C27H38O6/c1-17(8-7-9-24-23(30)16-25(33-24)27(4,5)31)12-21(28)13-18(2)10-11-20-15-22(29)14-19(3)26(20)32-6/h10,12,14-15,24-25,29,31H,7-9,11,13,16H2,1-6H3/b17-12+,18-10+. The van der Waals surface area contributed by atoms with Gasteiger partial charge >= 0.3 is 0 Å². The average Bonchev–Trinajstić information content (AvgIpc) is 3.07. The number of hydrogen-bond acceptors (Lipinski definition) is 6. The first-order valence-corrected chi connectivity index (χ1v) is 11.5. The number of rotatable bonds is 11. The van der Waals surface area contributed by atoms with Crippen molar-refractivity contribution >= 4 is 11.6 Å². The van der Waals surface area contributed by atoms with Gasteiger partial charge in [0.15, 0.2) is 11.6 Å². The van der Waals surface area contributed by atoms with E-state index >= 15 is 0 Å². The highest BCUT2D eigenvalue weighted by Crippen LogP contribution is 2.30. The number of aliphatic hydroxyl groups is 1. The first-order chi connectivity index (χ1) is 15.4. The van der Waals surface area contributed by atoms with Gasteiger partial charge in [0.25, 0.3) is 0 Å².